The summed E-state index contributed by atoms with van der Waals surface area (Å²) in [5.41, 5.74) is 0. The minimum atomic E-state index is 0.125. The van der Waals surface area contributed by atoms with Crippen LogP contribution >= 0.6 is 0 Å². The summed E-state index contributed by atoms with van der Waals surface area (Å²) in [5, 5.41) is 0. The van der Waals surface area contributed by atoms with Crippen LogP contribution in [0.2, 0.25) is 0 Å². The van der Waals surface area contributed by atoms with Crippen molar-refractivity contribution in [1.82, 2.24) is 0 Å². The first-order chi connectivity index (χ1) is 4.81. The average Bonchev–Trinajstić information content (AvgIpc) is 1.97. The SMILES string of the molecule is CCCOC(C)[CH]OCC. The third kappa shape index (κ3) is 6.05. The van der Waals surface area contributed by atoms with Gasteiger partial charge in [-0.3, -0.25) is 0 Å². The van der Waals surface area contributed by atoms with E-state index >= 15 is 0 Å². The molecule has 61 valence electrons. The van der Waals surface area contributed by atoms with Crippen LogP contribution in [0.15, 0.2) is 0 Å². The van der Waals surface area contributed by atoms with E-state index in [2.05, 4.69) is 6.92 Å². The molecule has 2 heteroatoms. The van der Waals surface area contributed by atoms with Crippen molar-refractivity contribution in [3.05, 3.63) is 6.61 Å². The molecule has 10 heavy (non-hydrogen) atoms. The van der Waals surface area contributed by atoms with Gasteiger partial charge >= 0.3 is 0 Å². The van der Waals surface area contributed by atoms with Crippen molar-refractivity contribution in [2.24, 2.45) is 0 Å². The van der Waals surface area contributed by atoms with E-state index in [1.54, 1.807) is 6.61 Å². The van der Waals surface area contributed by atoms with Crippen LogP contribution in [-0.4, -0.2) is 19.3 Å². The van der Waals surface area contributed by atoms with E-state index in [0.717, 1.165) is 19.6 Å². The Hall–Kier alpha value is -0.0800. The lowest BCUT2D eigenvalue weighted by Gasteiger charge is -2.10. The van der Waals surface area contributed by atoms with Gasteiger partial charge in [0.1, 0.15) is 6.61 Å². The third-order valence-corrected chi connectivity index (χ3v) is 1.04. The van der Waals surface area contributed by atoms with Gasteiger partial charge in [-0.1, -0.05) is 6.92 Å². The lowest BCUT2D eigenvalue weighted by Crippen LogP contribution is -2.11. The third-order valence-electron chi connectivity index (χ3n) is 1.04. The van der Waals surface area contributed by atoms with Gasteiger partial charge in [0.15, 0.2) is 0 Å². The summed E-state index contributed by atoms with van der Waals surface area (Å²) >= 11 is 0. The van der Waals surface area contributed by atoms with Gasteiger partial charge in [0, 0.05) is 13.2 Å². The molecule has 0 saturated carbocycles. The van der Waals surface area contributed by atoms with Crippen LogP contribution in [0, 0.1) is 6.61 Å². The Morgan fingerprint density at radius 1 is 1.40 bits per heavy atom. The lowest BCUT2D eigenvalue weighted by atomic mass is 10.4. The van der Waals surface area contributed by atoms with Gasteiger partial charge in [0.05, 0.1) is 6.10 Å². The van der Waals surface area contributed by atoms with Crippen LogP contribution in [0.3, 0.4) is 0 Å². The van der Waals surface area contributed by atoms with Crippen LogP contribution in [-0.2, 0) is 9.47 Å². The number of ether oxygens (including phenoxy) is 2. The smallest absolute Gasteiger partial charge is 0.112 e. The van der Waals surface area contributed by atoms with Crippen molar-refractivity contribution in [2.75, 3.05) is 13.2 Å². The summed E-state index contributed by atoms with van der Waals surface area (Å²) in [6.45, 7) is 9.29. The standard InChI is InChI=1S/C8H17O2/c1-4-6-10-8(3)7-9-5-2/h7-8H,4-6H2,1-3H3. The summed E-state index contributed by atoms with van der Waals surface area (Å²) in [7, 11) is 0. The van der Waals surface area contributed by atoms with Crippen LogP contribution in [0.1, 0.15) is 27.2 Å². The van der Waals surface area contributed by atoms with Gasteiger partial charge in [-0.25, -0.2) is 0 Å². The molecule has 0 rings (SSSR count). The maximum Gasteiger partial charge on any atom is 0.112 e. The number of hydrogen-bond acceptors (Lipinski definition) is 2. The van der Waals surface area contributed by atoms with Gasteiger partial charge < -0.3 is 9.47 Å². The maximum absolute atomic E-state index is 5.31. The Bertz CT molecular complexity index is 56.3. The molecule has 1 radical (unpaired) electrons. The minimum Gasteiger partial charge on any atom is -0.376 e. The summed E-state index contributed by atoms with van der Waals surface area (Å²) in [5.74, 6) is 0. The van der Waals surface area contributed by atoms with Gasteiger partial charge in [-0.2, -0.15) is 0 Å². The number of rotatable bonds is 6. The predicted octanol–water partition coefficient (Wildman–Crippen LogP) is 2.00. The topological polar surface area (TPSA) is 18.5 Å². The van der Waals surface area contributed by atoms with Gasteiger partial charge in [0.25, 0.3) is 0 Å². The highest BCUT2D eigenvalue weighted by molar-refractivity contribution is 4.60. The first kappa shape index (κ1) is 9.92. The quantitative estimate of drug-likeness (QED) is 0.569. The zero-order valence-corrected chi connectivity index (χ0v) is 7.09. The van der Waals surface area contributed by atoms with Gasteiger partial charge in [-0.15, -0.1) is 0 Å². The molecular weight excluding hydrogens is 128 g/mol. The van der Waals surface area contributed by atoms with E-state index in [9.17, 15) is 0 Å². The molecule has 2 nitrogen and oxygen atoms in total. The Balaban J connectivity index is 3.00. The van der Waals surface area contributed by atoms with Crippen LogP contribution in [0.5, 0.6) is 0 Å². The monoisotopic (exact) mass is 145 g/mol. The molecule has 0 spiro atoms. The average molecular weight is 145 g/mol. The second-order valence-electron chi connectivity index (χ2n) is 2.17. The van der Waals surface area contributed by atoms with Crippen molar-refractivity contribution in [1.29, 1.82) is 0 Å². The molecule has 0 fully saturated rings. The molecule has 0 saturated heterocycles. The molecule has 1 atom stereocenters. The fourth-order valence-electron chi connectivity index (χ4n) is 0.575. The molecule has 0 heterocycles. The van der Waals surface area contributed by atoms with Crippen LogP contribution in [0.25, 0.3) is 0 Å². The predicted molar refractivity (Wildman–Crippen MR) is 41.6 cm³/mol. The molecular formula is C8H17O2. The fraction of sp³-hybridized carbons (Fsp3) is 0.875. The first-order valence-electron chi connectivity index (χ1n) is 3.87. The van der Waals surface area contributed by atoms with E-state index < -0.39 is 0 Å². The molecule has 0 bridgehead atoms. The molecule has 0 aliphatic carbocycles. The zero-order valence-electron chi connectivity index (χ0n) is 7.09. The summed E-state index contributed by atoms with van der Waals surface area (Å²) < 4.78 is 10.4. The summed E-state index contributed by atoms with van der Waals surface area (Å²) in [6, 6.07) is 0. The van der Waals surface area contributed by atoms with E-state index in [1.807, 2.05) is 13.8 Å². The first-order valence-corrected chi connectivity index (χ1v) is 3.87. The highest BCUT2D eigenvalue weighted by Crippen LogP contribution is 1.97. The molecule has 0 aliphatic heterocycles. The zero-order chi connectivity index (χ0) is 7.82. The Morgan fingerprint density at radius 2 is 2.10 bits per heavy atom. The molecule has 0 aromatic rings. The van der Waals surface area contributed by atoms with Crippen LogP contribution in [0.4, 0.5) is 0 Å². The lowest BCUT2D eigenvalue weighted by molar-refractivity contribution is 0.0359. The van der Waals surface area contributed by atoms with E-state index in [0.29, 0.717) is 0 Å². The summed E-state index contributed by atoms with van der Waals surface area (Å²) in [6.07, 6.45) is 1.18. The number of hydrogen-bond donors (Lipinski definition) is 0. The summed E-state index contributed by atoms with van der Waals surface area (Å²) in [4.78, 5) is 0. The Labute approximate surface area is 63.5 Å². The highest BCUT2D eigenvalue weighted by Gasteiger charge is 1.99. The van der Waals surface area contributed by atoms with Gasteiger partial charge in [-0.05, 0) is 20.3 Å². The maximum atomic E-state index is 5.31. The molecule has 0 aliphatic rings. The fourth-order valence-corrected chi connectivity index (χ4v) is 0.575. The van der Waals surface area contributed by atoms with E-state index in [1.165, 1.54) is 0 Å². The molecule has 0 N–H and O–H groups in total. The van der Waals surface area contributed by atoms with Crippen molar-refractivity contribution in [2.45, 2.75) is 33.3 Å². The second kappa shape index (κ2) is 7.03. The minimum absolute atomic E-state index is 0.125. The molecule has 1 unspecified atom stereocenters. The van der Waals surface area contributed by atoms with Crippen molar-refractivity contribution in [3.63, 3.8) is 0 Å². The largest absolute Gasteiger partial charge is 0.376 e. The van der Waals surface area contributed by atoms with Crippen molar-refractivity contribution >= 4 is 0 Å². The van der Waals surface area contributed by atoms with Crippen LogP contribution < -0.4 is 0 Å². The van der Waals surface area contributed by atoms with E-state index in [4.69, 9.17) is 9.47 Å². The van der Waals surface area contributed by atoms with Crippen molar-refractivity contribution < 1.29 is 9.47 Å². The molecule has 0 aromatic heterocycles. The molecule has 0 amide bonds. The van der Waals surface area contributed by atoms with E-state index in [-0.39, 0.29) is 6.10 Å². The molecule has 0 aromatic carbocycles. The Kier molecular flexibility index (Phi) is 6.98. The van der Waals surface area contributed by atoms with Gasteiger partial charge in [0.2, 0.25) is 0 Å². The van der Waals surface area contributed by atoms with Crippen molar-refractivity contribution in [3.8, 4) is 0 Å². The second-order valence-corrected chi connectivity index (χ2v) is 2.17. The normalized spacial score (nSPS) is 13.5. The highest BCUT2D eigenvalue weighted by atomic mass is 16.5. The Morgan fingerprint density at radius 3 is 2.60 bits per heavy atom.